The number of hydrogen-bond acceptors (Lipinski definition) is 10. The van der Waals surface area contributed by atoms with Crippen molar-refractivity contribution in [3.63, 3.8) is 0 Å². The zero-order valence-corrected chi connectivity index (χ0v) is 21.2. The first kappa shape index (κ1) is 23.6. The van der Waals surface area contributed by atoms with E-state index in [4.69, 9.17) is 15.5 Å². The molecule has 5 heterocycles. The molecule has 3 N–H and O–H groups in total. The number of primary amides is 1. The minimum atomic E-state index is -0.544. The van der Waals surface area contributed by atoms with Gasteiger partial charge in [-0.2, -0.15) is 5.10 Å². The Morgan fingerprint density at radius 2 is 2.16 bits per heavy atom. The van der Waals surface area contributed by atoms with E-state index in [1.807, 2.05) is 19.3 Å². The van der Waals surface area contributed by atoms with Gasteiger partial charge in [0.05, 0.1) is 24.2 Å². The number of hydrogen-bond donors (Lipinski definition) is 2. The van der Waals surface area contributed by atoms with Crippen molar-refractivity contribution in [2.75, 3.05) is 25.1 Å². The van der Waals surface area contributed by atoms with Crippen molar-refractivity contribution in [2.24, 2.45) is 12.8 Å². The molecule has 1 saturated heterocycles. The molecule has 0 bridgehead atoms. The van der Waals surface area contributed by atoms with Gasteiger partial charge in [0, 0.05) is 50.1 Å². The number of anilines is 2. The summed E-state index contributed by atoms with van der Waals surface area (Å²) < 4.78 is 7.42. The lowest BCUT2D eigenvalue weighted by Gasteiger charge is -2.26. The number of aromatic nitrogens is 6. The van der Waals surface area contributed by atoms with Gasteiger partial charge in [0.2, 0.25) is 11.0 Å². The molecule has 0 aliphatic carbocycles. The van der Waals surface area contributed by atoms with Crippen LogP contribution in [0.15, 0.2) is 42.9 Å². The minimum Gasteiger partial charge on any atom is -0.380 e. The molecule has 0 unspecified atom stereocenters. The number of nitrogens with two attached hydrogens (primary N) is 1. The predicted molar refractivity (Wildman–Crippen MR) is 138 cm³/mol. The molecular weight excluding hydrogens is 490 g/mol. The van der Waals surface area contributed by atoms with Crippen LogP contribution in [-0.2, 0) is 18.3 Å². The van der Waals surface area contributed by atoms with Crippen LogP contribution < -0.4 is 11.1 Å². The van der Waals surface area contributed by atoms with E-state index in [2.05, 4.69) is 48.7 Å². The van der Waals surface area contributed by atoms with Crippen LogP contribution in [0.1, 0.15) is 44.7 Å². The fourth-order valence-electron chi connectivity index (χ4n) is 5.04. The van der Waals surface area contributed by atoms with E-state index in [1.165, 1.54) is 22.5 Å². The summed E-state index contributed by atoms with van der Waals surface area (Å²) in [6.45, 7) is 3.26. The summed E-state index contributed by atoms with van der Waals surface area (Å²) in [5.41, 5.74) is 10.5. The van der Waals surface area contributed by atoms with Gasteiger partial charge in [0.1, 0.15) is 5.01 Å². The van der Waals surface area contributed by atoms with Crippen LogP contribution in [0.4, 0.5) is 11.6 Å². The molecule has 2 aliphatic rings. The van der Waals surface area contributed by atoms with E-state index in [0.29, 0.717) is 12.0 Å². The van der Waals surface area contributed by atoms with E-state index in [1.54, 1.807) is 17.1 Å². The monoisotopic (exact) mass is 517 g/mol. The molecule has 1 aromatic carbocycles. The Morgan fingerprint density at radius 3 is 2.92 bits per heavy atom. The second-order valence-corrected chi connectivity index (χ2v) is 10.4. The Balaban J connectivity index is 1.35. The standard InChI is InChI=1S/C25H27N9O2S/c1-33-13-17(11-28-33)29-25-27-7-4-21(30-25)15-2-3-19-16(10-15)12-34(18-6-9-36-14-18)8-5-20(19)23-31-32-24(37-23)22(26)35/h2-4,7,10-11,13,18,20H,5-6,8-9,12,14H2,1H3,(H2,26,35)(H,27,29,30)/t18-,20-/m0/s1. The minimum absolute atomic E-state index is 0.0372. The van der Waals surface area contributed by atoms with E-state index in [0.717, 1.165) is 61.1 Å². The van der Waals surface area contributed by atoms with Gasteiger partial charge in [-0.25, -0.2) is 9.97 Å². The average molecular weight is 518 g/mol. The first-order valence-electron chi connectivity index (χ1n) is 12.2. The summed E-state index contributed by atoms with van der Waals surface area (Å²) >= 11 is 1.28. The number of carbonyl (C=O) groups is 1. The Labute approximate surface area is 217 Å². The summed E-state index contributed by atoms with van der Waals surface area (Å²) in [5.74, 6) is 0.00297. The third-order valence-corrected chi connectivity index (χ3v) is 7.93. The van der Waals surface area contributed by atoms with Crippen molar-refractivity contribution >= 4 is 28.9 Å². The van der Waals surface area contributed by atoms with Gasteiger partial charge in [-0.15, -0.1) is 10.2 Å². The highest BCUT2D eigenvalue weighted by atomic mass is 32.1. The number of nitrogens with one attached hydrogen (secondary N) is 1. The van der Waals surface area contributed by atoms with Gasteiger partial charge in [0.25, 0.3) is 5.91 Å². The van der Waals surface area contributed by atoms with Gasteiger partial charge in [-0.05, 0) is 42.6 Å². The maximum absolute atomic E-state index is 11.7. The van der Waals surface area contributed by atoms with E-state index in [9.17, 15) is 4.79 Å². The summed E-state index contributed by atoms with van der Waals surface area (Å²) in [5, 5.41) is 16.8. The third-order valence-electron chi connectivity index (χ3n) is 6.88. The van der Waals surface area contributed by atoms with E-state index < -0.39 is 5.91 Å². The second-order valence-electron chi connectivity index (χ2n) is 9.35. The molecule has 12 heteroatoms. The summed E-state index contributed by atoms with van der Waals surface area (Å²) in [7, 11) is 1.86. The molecule has 0 spiro atoms. The number of nitrogens with zero attached hydrogens (tertiary/aromatic N) is 7. The molecule has 0 radical (unpaired) electrons. The molecule has 2 aliphatic heterocycles. The van der Waals surface area contributed by atoms with Crippen LogP contribution in [-0.4, -0.2) is 66.6 Å². The molecule has 4 aromatic rings. The summed E-state index contributed by atoms with van der Waals surface area (Å²) in [6, 6.07) is 8.76. The van der Waals surface area contributed by atoms with Crippen molar-refractivity contribution in [3.8, 4) is 11.3 Å². The van der Waals surface area contributed by atoms with Gasteiger partial charge < -0.3 is 15.8 Å². The maximum atomic E-state index is 11.7. The average Bonchev–Trinajstić information content (AvgIpc) is 3.65. The quantitative estimate of drug-likeness (QED) is 0.395. The Morgan fingerprint density at radius 1 is 1.24 bits per heavy atom. The first-order valence-corrected chi connectivity index (χ1v) is 13.0. The van der Waals surface area contributed by atoms with Crippen molar-refractivity contribution in [1.82, 2.24) is 34.8 Å². The SMILES string of the molecule is Cn1cc(Nc2nccc(-c3ccc4c(c3)CN([C@H]3CCOC3)CC[C@@H]4c3nnc(C(N)=O)s3)n2)cn1. The highest BCUT2D eigenvalue weighted by Gasteiger charge is 2.31. The summed E-state index contributed by atoms with van der Waals surface area (Å²) in [4.78, 5) is 23.3. The molecule has 1 amide bonds. The zero-order valence-electron chi connectivity index (χ0n) is 20.4. The molecular formula is C25H27N9O2S. The van der Waals surface area contributed by atoms with Gasteiger partial charge in [-0.3, -0.25) is 14.4 Å². The maximum Gasteiger partial charge on any atom is 0.279 e. The smallest absolute Gasteiger partial charge is 0.279 e. The largest absolute Gasteiger partial charge is 0.380 e. The molecule has 2 atom stereocenters. The third kappa shape index (κ3) is 4.95. The molecule has 11 nitrogen and oxygen atoms in total. The Kier molecular flexibility index (Phi) is 6.37. The number of ether oxygens (including phenoxy) is 1. The van der Waals surface area contributed by atoms with E-state index in [-0.39, 0.29) is 10.9 Å². The number of rotatable bonds is 6. The first-order chi connectivity index (χ1) is 18.0. The van der Waals surface area contributed by atoms with Gasteiger partial charge in [0.15, 0.2) is 0 Å². The Bertz CT molecular complexity index is 1430. The van der Waals surface area contributed by atoms with Gasteiger partial charge >= 0.3 is 0 Å². The zero-order chi connectivity index (χ0) is 25.4. The lowest BCUT2D eigenvalue weighted by molar-refractivity contribution is 0.0999. The normalized spacial score (nSPS) is 19.9. The van der Waals surface area contributed by atoms with Crippen molar-refractivity contribution < 1.29 is 9.53 Å². The number of carbonyl (C=O) groups excluding carboxylic acids is 1. The van der Waals surface area contributed by atoms with Gasteiger partial charge in [-0.1, -0.05) is 23.5 Å². The van der Waals surface area contributed by atoms with Crippen LogP contribution in [0, 0.1) is 0 Å². The van der Waals surface area contributed by atoms with Crippen LogP contribution in [0.2, 0.25) is 0 Å². The molecule has 190 valence electrons. The molecule has 3 aromatic heterocycles. The number of amides is 1. The number of fused-ring (bicyclic) bond motifs is 1. The Hall–Kier alpha value is -3.74. The fourth-order valence-corrected chi connectivity index (χ4v) is 5.89. The topological polar surface area (TPSA) is 137 Å². The molecule has 6 rings (SSSR count). The number of benzene rings is 1. The lowest BCUT2D eigenvalue weighted by atomic mass is 9.91. The van der Waals surface area contributed by atoms with Crippen LogP contribution in [0.5, 0.6) is 0 Å². The second kappa shape index (κ2) is 9.96. The van der Waals surface area contributed by atoms with Crippen molar-refractivity contribution in [2.45, 2.75) is 31.3 Å². The molecule has 1 fully saturated rings. The lowest BCUT2D eigenvalue weighted by Crippen LogP contribution is -2.35. The van der Waals surface area contributed by atoms with Crippen molar-refractivity contribution in [1.29, 1.82) is 0 Å². The molecule has 37 heavy (non-hydrogen) atoms. The highest BCUT2D eigenvalue weighted by molar-refractivity contribution is 7.13. The highest BCUT2D eigenvalue weighted by Crippen LogP contribution is 2.38. The van der Waals surface area contributed by atoms with E-state index >= 15 is 0 Å². The van der Waals surface area contributed by atoms with Crippen LogP contribution in [0.3, 0.4) is 0 Å². The van der Waals surface area contributed by atoms with Crippen LogP contribution >= 0.6 is 11.3 Å². The fraction of sp³-hybridized carbons (Fsp3) is 0.360. The number of aryl methyl sites for hydroxylation is 1. The van der Waals surface area contributed by atoms with Crippen LogP contribution in [0.25, 0.3) is 11.3 Å². The molecule has 0 saturated carbocycles. The predicted octanol–water partition coefficient (Wildman–Crippen LogP) is 2.70. The summed E-state index contributed by atoms with van der Waals surface area (Å²) in [6.07, 6.45) is 7.26. The van der Waals surface area contributed by atoms with Crippen molar-refractivity contribution in [3.05, 3.63) is 64.0 Å².